The van der Waals surface area contributed by atoms with Gasteiger partial charge in [0.1, 0.15) is 0 Å². The molecular weight excluding hydrogens is 200 g/mol. The molecule has 0 heterocycles. The average Bonchev–Trinajstić information content (AvgIpc) is 2.14. The molecule has 0 fully saturated rings. The first-order valence-electron chi connectivity index (χ1n) is 6.30. The molecule has 0 aromatic carbocycles. The summed E-state index contributed by atoms with van der Waals surface area (Å²) >= 11 is 0. The summed E-state index contributed by atoms with van der Waals surface area (Å²) in [5, 5.41) is 3.66. The zero-order chi connectivity index (χ0) is 12.7. The predicted octanol–water partition coefficient (Wildman–Crippen LogP) is 1.98. The summed E-state index contributed by atoms with van der Waals surface area (Å²) in [5.41, 5.74) is 0. The molecule has 0 rings (SSSR count). The van der Waals surface area contributed by atoms with Crippen LogP contribution in [0.4, 0.5) is 0 Å². The number of hydrogen-bond donors (Lipinski definition) is 1. The summed E-state index contributed by atoms with van der Waals surface area (Å²) in [6, 6.07) is 0.941. The summed E-state index contributed by atoms with van der Waals surface area (Å²) in [6.45, 7) is 9.93. The van der Waals surface area contributed by atoms with Crippen molar-refractivity contribution in [3.8, 4) is 0 Å². The fourth-order valence-electron chi connectivity index (χ4n) is 1.92. The second kappa shape index (κ2) is 8.04. The summed E-state index contributed by atoms with van der Waals surface area (Å²) < 4.78 is 5.35. The topological polar surface area (TPSA) is 24.5 Å². The Morgan fingerprint density at radius 1 is 1.12 bits per heavy atom. The van der Waals surface area contributed by atoms with Gasteiger partial charge in [-0.15, -0.1) is 0 Å². The van der Waals surface area contributed by atoms with Crippen molar-refractivity contribution < 1.29 is 4.74 Å². The molecule has 3 nitrogen and oxygen atoms in total. The molecule has 0 radical (unpaired) electrons. The lowest BCUT2D eigenvalue weighted by Gasteiger charge is -2.29. The standard InChI is InChI=1S/C13H30N2O/c1-10(2)8-13(9-15(5)6)14-11(3)12(4)16-7/h10-14H,8-9H2,1-7H3. The van der Waals surface area contributed by atoms with Crippen molar-refractivity contribution in [1.29, 1.82) is 0 Å². The maximum absolute atomic E-state index is 5.35. The van der Waals surface area contributed by atoms with E-state index in [9.17, 15) is 0 Å². The second-order valence-electron chi connectivity index (χ2n) is 5.48. The largest absolute Gasteiger partial charge is 0.380 e. The second-order valence-corrected chi connectivity index (χ2v) is 5.48. The van der Waals surface area contributed by atoms with Gasteiger partial charge in [0.2, 0.25) is 0 Å². The molecule has 0 aliphatic heterocycles. The number of nitrogens with one attached hydrogen (secondary N) is 1. The maximum Gasteiger partial charge on any atom is 0.0693 e. The summed E-state index contributed by atoms with van der Waals surface area (Å²) in [6.07, 6.45) is 1.47. The van der Waals surface area contributed by atoms with Gasteiger partial charge in [0, 0.05) is 25.7 Å². The van der Waals surface area contributed by atoms with Crippen LogP contribution in [0.3, 0.4) is 0 Å². The highest BCUT2D eigenvalue weighted by atomic mass is 16.5. The minimum absolute atomic E-state index is 0.261. The fraction of sp³-hybridized carbons (Fsp3) is 1.00. The van der Waals surface area contributed by atoms with Crippen molar-refractivity contribution in [2.24, 2.45) is 5.92 Å². The van der Waals surface area contributed by atoms with Crippen LogP contribution in [-0.4, -0.2) is 50.8 Å². The molecule has 98 valence electrons. The lowest BCUT2D eigenvalue weighted by molar-refractivity contribution is 0.0812. The van der Waals surface area contributed by atoms with Gasteiger partial charge >= 0.3 is 0 Å². The Bertz CT molecular complexity index is 161. The number of methoxy groups -OCH3 is 1. The third kappa shape index (κ3) is 7.20. The van der Waals surface area contributed by atoms with Crippen LogP contribution in [0.25, 0.3) is 0 Å². The van der Waals surface area contributed by atoms with Crippen LogP contribution in [0.5, 0.6) is 0 Å². The van der Waals surface area contributed by atoms with Crippen molar-refractivity contribution in [2.45, 2.75) is 52.3 Å². The van der Waals surface area contributed by atoms with E-state index >= 15 is 0 Å². The molecule has 3 heteroatoms. The Labute approximate surface area is 102 Å². The van der Waals surface area contributed by atoms with Crippen LogP contribution >= 0.6 is 0 Å². The summed E-state index contributed by atoms with van der Waals surface area (Å²) in [7, 11) is 6.02. The van der Waals surface area contributed by atoms with Gasteiger partial charge in [-0.1, -0.05) is 13.8 Å². The molecule has 3 unspecified atom stereocenters. The Kier molecular flexibility index (Phi) is 7.98. The van der Waals surface area contributed by atoms with Crippen molar-refractivity contribution in [2.75, 3.05) is 27.7 Å². The van der Waals surface area contributed by atoms with Crippen LogP contribution in [0.15, 0.2) is 0 Å². The van der Waals surface area contributed by atoms with Gasteiger partial charge in [0.05, 0.1) is 6.10 Å². The Morgan fingerprint density at radius 2 is 1.69 bits per heavy atom. The molecule has 0 aromatic heterocycles. The zero-order valence-electron chi connectivity index (χ0n) is 12.1. The van der Waals surface area contributed by atoms with Gasteiger partial charge in [-0.2, -0.15) is 0 Å². The molecule has 0 aliphatic rings. The van der Waals surface area contributed by atoms with Crippen LogP contribution in [0, 0.1) is 5.92 Å². The molecule has 16 heavy (non-hydrogen) atoms. The van der Waals surface area contributed by atoms with Crippen LogP contribution in [0.2, 0.25) is 0 Å². The summed E-state index contributed by atoms with van der Waals surface area (Å²) in [5.74, 6) is 0.725. The smallest absolute Gasteiger partial charge is 0.0693 e. The van der Waals surface area contributed by atoms with E-state index in [0.717, 1.165) is 12.5 Å². The SMILES string of the molecule is COC(C)C(C)NC(CC(C)C)CN(C)C. The molecule has 1 N–H and O–H groups in total. The predicted molar refractivity (Wildman–Crippen MR) is 70.9 cm³/mol. The maximum atomic E-state index is 5.35. The first kappa shape index (κ1) is 15.9. The van der Waals surface area contributed by atoms with Gasteiger partial charge in [0.25, 0.3) is 0 Å². The molecular formula is C13H30N2O. The van der Waals surface area contributed by atoms with E-state index in [1.165, 1.54) is 6.42 Å². The Balaban J connectivity index is 4.18. The van der Waals surface area contributed by atoms with E-state index in [1.54, 1.807) is 7.11 Å². The van der Waals surface area contributed by atoms with Gasteiger partial charge in [-0.25, -0.2) is 0 Å². The van der Waals surface area contributed by atoms with Gasteiger partial charge in [-0.05, 0) is 40.3 Å². The first-order chi connectivity index (χ1) is 7.36. The van der Waals surface area contributed by atoms with Crippen molar-refractivity contribution in [1.82, 2.24) is 10.2 Å². The number of nitrogens with zero attached hydrogens (tertiary/aromatic N) is 1. The van der Waals surface area contributed by atoms with Crippen LogP contribution < -0.4 is 5.32 Å². The minimum Gasteiger partial charge on any atom is -0.380 e. The lowest BCUT2D eigenvalue weighted by atomic mass is 10.0. The first-order valence-corrected chi connectivity index (χ1v) is 6.30. The minimum atomic E-state index is 0.261. The highest BCUT2D eigenvalue weighted by Crippen LogP contribution is 2.08. The van der Waals surface area contributed by atoms with Gasteiger partial charge < -0.3 is 15.0 Å². The van der Waals surface area contributed by atoms with E-state index in [4.69, 9.17) is 4.74 Å². The van der Waals surface area contributed by atoms with Crippen LogP contribution in [0.1, 0.15) is 34.1 Å². The van der Waals surface area contributed by atoms with E-state index < -0.39 is 0 Å². The van der Waals surface area contributed by atoms with E-state index in [0.29, 0.717) is 12.1 Å². The molecule has 0 saturated carbocycles. The monoisotopic (exact) mass is 230 g/mol. The van der Waals surface area contributed by atoms with Gasteiger partial charge in [-0.3, -0.25) is 0 Å². The molecule has 0 aliphatic carbocycles. The highest BCUT2D eigenvalue weighted by Gasteiger charge is 2.18. The number of likely N-dealkylation sites (N-methyl/N-ethyl adjacent to an activating group) is 1. The van der Waals surface area contributed by atoms with Crippen LogP contribution in [-0.2, 0) is 4.74 Å². The highest BCUT2D eigenvalue weighted by molar-refractivity contribution is 4.78. The molecule has 0 spiro atoms. The zero-order valence-corrected chi connectivity index (χ0v) is 12.1. The third-order valence-corrected chi connectivity index (χ3v) is 2.92. The fourth-order valence-corrected chi connectivity index (χ4v) is 1.92. The van der Waals surface area contributed by atoms with Gasteiger partial charge in [0.15, 0.2) is 0 Å². The molecule has 0 bridgehead atoms. The number of rotatable bonds is 8. The summed E-state index contributed by atoms with van der Waals surface area (Å²) in [4.78, 5) is 2.24. The van der Waals surface area contributed by atoms with Crippen molar-refractivity contribution >= 4 is 0 Å². The Morgan fingerprint density at radius 3 is 2.06 bits per heavy atom. The Hall–Kier alpha value is -0.120. The molecule has 0 aromatic rings. The van der Waals surface area contributed by atoms with Crippen molar-refractivity contribution in [3.63, 3.8) is 0 Å². The molecule has 3 atom stereocenters. The number of ether oxygens (including phenoxy) is 1. The lowest BCUT2D eigenvalue weighted by Crippen LogP contribution is -2.47. The average molecular weight is 230 g/mol. The molecule has 0 amide bonds. The normalized spacial score (nSPS) is 17.8. The van der Waals surface area contributed by atoms with Crippen molar-refractivity contribution in [3.05, 3.63) is 0 Å². The van der Waals surface area contributed by atoms with E-state index in [-0.39, 0.29) is 6.10 Å². The third-order valence-electron chi connectivity index (χ3n) is 2.92. The van der Waals surface area contributed by atoms with E-state index in [1.807, 2.05) is 0 Å². The number of hydrogen-bond acceptors (Lipinski definition) is 3. The quantitative estimate of drug-likeness (QED) is 0.690. The van der Waals surface area contributed by atoms with E-state index in [2.05, 4.69) is 52.0 Å². The molecule has 0 saturated heterocycles.